The minimum Gasteiger partial charge on any atom is -0.374 e. The molecule has 0 fully saturated rings. The van der Waals surface area contributed by atoms with Gasteiger partial charge in [-0.25, -0.2) is 4.39 Å². The molecule has 0 radical (unpaired) electrons. The first-order valence-corrected chi connectivity index (χ1v) is 6.93. The molecular formula is C17H16FN3. The molecule has 3 nitrogen and oxygen atoms in total. The minimum absolute atomic E-state index is 0.313. The summed E-state index contributed by atoms with van der Waals surface area (Å²) in [5.41, 5.74) is 4.01. The van der Waals surface area contributed by atoms with Crippen LogP contribution in [0.5, 0.6) is 0 Å². The highest BCUT2D eigenvalue weighted by atomic mass is 19.1. The molecular weight excluding hydrogens is 265 g/mol. The summed E-state index contributed by atoms with van der Waals surface area (Å²) in [5, 5.41) is 12.5. The van der Waals surface area contributed by atoms with E-state index in [-0.39, 0.29) is 5.82 Å². The van der Waals surface area contributed by atoms with Crippen LogP contribution in [-0.2, 0) is 6.42 Å². The van der Waals surface area contributed by atoms with Crippen LogP contribution < -0.4 is 10.2 Å². The standard InChI is InChI=1S/C17H16FN3/c1-21-8-7-13-9-12(5-6-17(13)21)16(11-19)20-15-4-2-3-14(18)10-15/h2-6,9-10,16,20H,7-8H2,1H3. The number of hydrogen-bond donors (Lipinski definition) is 1. The summed E-state index contributed by atoms with van der Waals surface area (Å²) in [7, 11) is 2.07. The molecule has 0 bridgehead atoms. The van der Waals surface area contributed by atoms with Gasteiger partial charge in [0.15, 0.2) is 0 Å². The summed E-state index contributed by atoms with van der Waals surface area (Å²) in [4.78, 5) is 2.21. The third-order valence-electron chi connectivity index (χ3n) is 3.83. The topological polar surface area (TPSA) is 39.1 Å². The average molecular weight is 281 g/mol. The Balaban J connectivity index is 1.86. The van der Waals surface area contributed by atoms with E-state index in [9.17, 15) is 9.65 Å². The van der Waals surface area contributed by atoms with Crippen molar-refractivity contribution in [3.05, 3.63) is 59.4 Å². The molecule has 1 unspecified atom stereocenters. The van der Waals surface area contributed by atoms with Crippen molar-refractivity contribution in [2.45, 2.75) is 12.5 Å². The van der Waals surface area contributed by atoms with Gasteiger partial charge in [-0.1, -0.05) is 18.2 Å². The number of anilines is 2. The zero-order valence-electron chi connectivity index (χ0n) is 11.8. The predicted octanol–water partition coefficient (Wildman–Crippen LogP) is 3.49. The first-order valence-electron chi connectivity index (χ1n) is 6.93. The number of fused-ring (bicyclic) bond motifs is 1. The molecule has 0 aromatic heterocycles. The van der Waals surface area contributed by atoms with Crippen LogP contribution in [0.4, 0.5) is 15.8 Å². The van der Waals surface area contributed by atoms with Crippen LogP contribution in [0.2, 0.25) is 0 Å². The predicted molar refractivity (Wildman–Crippen MR) is 81.8 cm³/mol. The van der Waals surface area contributed by atoms with Crippen LogP contribution in [0.1, 0.15) is 17.2 Å². The van der Waals surface area contributed by atoms with Gasteiger partial charge in [-0.2, -0.15) is 5.26 Å². The molecule has 1 aliphatic rings. The molecule has 1 N–H and O–H groups in total. The fourth-order valence-electron chi connectivity index (χ4n) is 2.70. The molecule has 0 spiro atoms. The molecule has 2 aromatic carbocycles. The molecule has 0 saturated heterocycles. The maximum absolute atomic E-state index is 13.2. The van der Waals surface area contributed by atoms with Crippen molar-refractivity contribution >= 4 is 11.4 Å². The van der Waals surface area contributed by atoms with Crippen LogP contribution in [-0.4, -0.2) is 13.6 Å². The van der Waals surface area contributed by atoms with Gasteiger partial charge >= 0.3 is 0 Å². The first-order chi connectivity index (χ1) is 10.2. The molecule has 1 heterocycles. The van der Waals surface area contributed by atoms with Gasteiger partial charge in [-0.3, -0.25) is 0 Å². The van der Waals surface area contributed by atoms with E-state index in [0.717, 1.165) is 18.5 Å². The number of rotatable bonds is 3. The van der Waals surface area contributed by atoms with Crippen molar-refractivity contribution in [3.8, 4) is 6.07 Å². The summed E-state index contributed by atoms with van der Waals surface area (Å²) >= 11 is 0. The van der Waals surface area contributed by atoms with Crippen LogP contribution in [0, 0.1) is 17.1 Å². The lowest BCUT2D eigenvalue weighted by Crippen LogP contribution is -2.12. The third-order valence-corrected chi connectivity index (χ3v) is 3.83. The maximum Gasteiger partial charge on any atom is 0.140 e. The Labute approximate surface area is 123 Å². The van der Waals surface area contributed by atoms with E-state index in [0.29, 0.717) is 5.69 Å². The molecule has 4 heteroatoms. The lowest BCUT2D eigenvalue weighted by molar-refractivity contribution is 0.628. The van der Waals surface area contributed by atoms with E-state index in [1.165, 1.54) is 23.4 Å². The number of nitrogens with one attached hydrogen (secondary N) is 1. The number of benzene rings is 2. The smallest absolute Gasteiger partial charge is 0.140 e. The van der Waals surface area contributed by atoms with E-state index in [2.05, 4.69) is 35.5 Å². The number of nitriles is 1. The molecule has 1 aliphatic heterocycles. The van der Waals surface area contributed by atoms with Gasteiger partial charge in [-0.05, 0) is 41.8 Å². The number of halogens is 1. The highest BCUT2D eigenvalue weighted by Gasteiger charge is 2.18. The molecule has 106 valence electrons. The summed E-state index contributed by atoms with van der Waals surface area (Å²) in [6.45, 7) is 1.01. The minimum atomic E-state index is -0.483. The Bertz CT molecular complexity index is 705. The van der Waals surface area contributed by atoms with Crippen molar-refractivity contribution in [2.75, 3.05) is 23.8 Å². The fraction of sp³-hybridized carbons (Fsp3) is 0.235. The van der Waals surface area contributed by atoms with Crippen LogP contribution >= 0.6 is 0 Å². The SMILES string of the molecule is CN1CCc2cc(C(C#N)Nc3cccc(F)c3)ccc21. The first kappa shape index (κ1) is 13.4. The zero-order chi connectivity index (χ0) is 14.8. The van der Waals surface area contributed by atoms with E-state index >= 15 is 0 Å². The summed E-state index contributed by atoms with van der Waals surface area (Å²) in [6.07, 6.45) is 0.998. The Morgan fingerprint density at radius 1 is 1.29 bits per heavy atom. The van der Waals surface area contributed by atoms with Gasteiger partial charge < -0.3 is 10.2 Å². The largest absolute Gasteiger partial charge is 0.374 e. The second-order valence-electron chi connectivity index (χ2n) is 5.28. The summed E-state index contributed by atoms with van der Waals surface area (Å²) in [6, 6.07) is 14.0. The highest BCUT2D eigenvalue weighted by Crippen LogP contribution is 2.30. The van der Waals surface area contributed by atoms with Crippen molar-refractivity contribution in [1.82, 2.24) is 0 Å². The second kappa shape index (κ2) is 5.45. The van der Waals surface area contributed by atoms with Gasteiger partial charge in [-0.15, -0.1) is 0 Å². The lowest BCUT2D eigenvalue weighted by atomic mass is 10.0. The molecule has 2 aromatic rings. The maximum atomic E-state index is 13.2. The average Bonchev–Trinajstić information content (AvgIpc) is 2.86. The monoisotopic (exact) mass is 281 g/mol. The van der Waals surface area contributed by atoms with Gasteiger partial charge in [0, 0.05) is 25.0 Å². The second-order valence-corrected chi connectivity index (χ2v) is 5.28. The molecule has 0 amide bonds. The molecule has 3 rings (SSSR count). The van der Waals surface area contributed by atoms with Crippen molar-refractivity contribution in [1.29, 1.82) is 5.26 Å². The van der Waals surface area contributed by atoms with Crippen LogP contribution in [0.25, 0.3) is 0 Å². The van der Waals surface area contributed by atoms with Gasteiger partial charge in [0.25, 0.3) is 0 Å². The van der Waals surface area contributed by atoms with Crippen molar-refractivity contribution < 1.29 is 4.39 Å². The summed E-state index contributed by atoms with van der Waals surface area (Å²) in [5.74, 6) is -0.313. The highest BCUT2D eigenvalue weighted by molar-refractivity contribution is 5.60. The molecule has 1 atom stereocenters. The Morgan fingerprint density at radius 2 is 2.14 bits per heavy atom. The Kier molecular flexibility index (Phi) is 3.49. The quantitative estimate of drug-likeness (QED) is 0.936. The number of hydrogen-bond acceptors (Lipinski definition) is 3. The van der Waals surface area contributed by atoms with Crippen LogP contribution in [0.3, 0.4) is 0 Å². The van der Waals surface area contributed by atoms with E-state index < -0.39 is 6.04 Å². The normalized spacial score (nSPS) is 14.4. The summed E-state index contributed by atoms with van der Waals surface area (Å²) < 4.78 is 13.2. The fourth-order valence-corrected chi connectivity index (χ4v) is 2.70. The zero-order valence-corrected chi connectivity index (χ0v) is 11.8. The molecule has 0 saturated carbocycles. The number of nitrogens with zero attached hydrogens (tertiary/aromatic N) is 2. The Hall–Kier alpha value is -2.54. The van der Waals surface area contributed by atoms with Gasteiger partial charge in [0.1, 0.15) is 11.9 Å². The van der Waals surface area contributed by atoms with E-state index in [1.54, 1.807) is 12.1 Å². The van der Waals surface area contributed by atoms with Gasteiger partial charge in [0.05, 0.1) is 6.07 Å². The molecule has 21 heavy (non-hydrogen) atoms. The van der Waals surface area contributed by atoms with Crippen LogP contribution in [0.15, 0.2) is 42.5 Å². The van der Waals surface area contributed by atoms with Crippen molar-refractivity contribution in [3.63, 3.8) is 0 Å². The van der Waals surface area contributed by atoms with E-state index in [1.807, 2.05) is 6.07 Å². The van der Waals surface area contributed by atoms with Crippen molar-refractivity contribution in [2.24, 2.45) is 0 Å². The van der Waals surface area contributed by atoms with E-state index in [4.69, 9.17) is 0 Å². The third kappa shape index (κ3) is 2.68. The number of likely N-dealkylation sites (N-methyl/N-ethyl adjacent to an activating group) is 1. The van der Waals surface area contributed by atoms with Gasteiger partial charge in [0.2, 0.25) is 0 Å². The Morgan fingerprint density at radius 3 is 2.90 bits per heavy atom. The lowest BCUT2D eigenvalue weighted by Gasteiger charge is -2.16. The molecule has 0 aliphatic carbocycles.